The van der Waals surface area contributed by atoms with Crippen molar-refractivity contribution in [2.24, 2.45) is 0 Å². The minimum atomic E-state index is 0.784. The van der Waals surface area contributed by atoms with Gasteiger partial charge in [0.15, 0.2) is 0 Å². The van der Waals surface area contributed by atoms with Crippen molar-refractivity contribution in [2.75, 3.05) is 26.8 Å². The van der Waals surface area contributed by atoms with Gasteiger partial charge in [0.25, 0.3) is 0 Å². The van der Waals surface area contributed by atoms with Gasteiger partial charge < -0.3 is 10.1 Å². The lowest BCUT2D eigenvalue weighted by Gasteiger charge is -2.03. The van der Waals surface area contributed by atoms with Crippen molar-refractivity contribution in [3.05, 3.63) is 47.0 Å². The molecule has 2 heteroatoms. The summed E-state index contributed by atoms with van der Waals surface area (Å²) in [5.41, 5.74) is 4.13. The summed E-state index contributed by atoms with van der Waals surface area (Å²) in [5, 5.41) is 3.33. The Hall–Kier alpha value is -1.12. The minimum absolute atomic E-state index is 0.784. The molecule has 0 aliphatic heterocycles. The van der Waals surface area contributed by atoms with Crippen LogP contribution in [0.15, 0.2) is 30.4 Å². The third-order valence-corrected chi connectivity index (χ3v) is 3.06. The highest BCUT2D eigenvalue weighted by molar-refractivity contribution is 5.30. The molecule has 2 nitrogen and oxygen atoms in total. The van der Waals surface area contributed by atoms with Crippen molar-refractivity contribution in [2.45, 2.75) is 26.7 Å². The molecule has 1 N–H and O–H groups in total. The highest BCUT2D eigenvalue weighted by Gasteiger charge is 1.94. The molecule has 0 aliphatic carbocycles. The molecule has 0 heterocycles. The Morgan fingerprint density at radius 1 is 1.11 bits per heavy atom. The number of methoxy groups -OCH3 is 1. The molecule has 0 spiro atoms. The van der Waals surface area contributed by atoms with E-state index in [2.05, 4.69) is 49.5 Å². The normalized spacial score (nSPS) is 11.3. The predicted molar refractivity (Wildman–Crippen MR) is 78.1 cm³/mol. The second kappa shape index (κ2) is 8.90. The summed E-state index contributed by atoms with van der Waals surface area (Å²) in [4.78, 5) is 0. The van der Waals surface area contributed by atoms with Crippen LogP contribution in [0.25, 0.3) is 0 Å². The van der Waals surface area contributed by atoms with Crippen LogP contribution in [0.1, 0.15) is 23.1 Å². The van der Waals surface area contributed by atoms with Crippen molar-refractivity contribution in [1.82, 2.24) is 5.32 Å². The summed E-state index contributed by atoms with van der Waals surface area (Å²) < 4.78 is 4.97. The molecule has 1 aromatic rings. The summed E-state index contributed by atoms with van der Waals surface area (Å²) in [6.07, 6.45) is 6.60. The largest absolute Gasteiger partial charge is 0.383 e. The SMILES string of the molecule is COCCNCCC=CCc1ccc(C)c(C)c1. The Morgan fingerprint density at radius 2 is 1.94 bits per heavy atom. The molecule has 0 saturated heterocycles. The molecule has 0 saturated carbocycles. The standard InChI is InChI=1S/C16H25NO/c1-14-8-9-16(13-15(14)2)7-5-4-6-10-17-11-12-18-3/h4-5,8-9,13,17H,6-7,10-12H2,1-3H3. The van der Waals surface area contributed by atoms with E-state index in [9.17, 15) is 0 Å². The average Bonchev–Trinajstić information content (AvgIpc) is 2.37. The van der Waals surface area contributed by atoms with E-state index in [4.69, 9.17) is 4.74 Å². The Bertz CT molecular complexity index is 371. The molecule has 100 valence electrons. The summed E-state index contributed by atoms with van der Waals surface area (Å²) in [6, 6.07) is 6.69. The van der Waals surface area contributed by atoms with E-state index >= 15 is 0 Å². The first kappa shape index (κ1) is 14.9. The quantitative estimate of drug-likeness (QED) is 0.563. The lowest BCUT2D eigenvalue weighted by Crippen LogP contribution is -2.19. The molecule has 0 unspecified atom stereocenters. The van der Waals surface area contributed by atoms with E-state index in [0.29, 0.717) is 0 Å². The molecule has 0 atom stereocenters. The van der Waals surface area contributed by atoms with Crippen molar-refractivity contribution >= 4 is 0 Å². The van der Waals surface area contributed by atoms with Crippen molar-refractivity contribution < 1.29 is 4.74 Å². The maximum atomic E-state index is 4.97. The zero-order valence-electron chi connectivity index (χ0n) is 11.8. The first-order valence-corrected chi connectivity index (χ1v) is 6.65. The average molecular weight is 247 g/mol. The van der Waals surface area contributed by atoms with Crippen LogP contribution in [0.3, 0.4) is 0 Å². The minimum Gasteiger partial charge on any atom is -0.383 e. The summed E-state index contributed by atoms with van der Waals surface area (Å²) in [6.45, 7) is 7.06. The van der Waals surface area contributed by atoms with Crippen molar-refractivity contribution in [1.29, 1.82) is 0 Å². The number of benzene rings is 1. The smallest absolute Gasteiger partial charge is 0.0587 e. The van der Waals surface area contributed by atoms with Gasteiger partial charge in [0, 0.05) is 13.7 Å². The fourth-order valence-corrected chi connectivity index (χ4v) is 1.75. The van der Waals surface area contributed by atoms with Gasteiger partial charge in [0.05, 0.1) is 6.61 Å². The summed E-state index contributed by atoms with van der Waals surface area (Å²) in [5.74, 6) is 0. The van der Waals surface area contributed by atoms with Gasteiger partial charge in [-0.05, 0) is 49.9 Å². The third-order valence-electron chi connectivity index (χ3n) is 3.06. The van der Waals surface area contributed by atoms with Gasteiger partial charge in [-0.2, -0.15) is 0 Å². The van der Waals surface area contributed by atoms with E-state index in [1.807, 2.05) is 0 Å². The van der Waals surface area contributed by atoms with Crippen LogP contribution in [0.4, 0.5) is 0 Å². The zero-order chi connectivity index (χ0) is 13.2. The number of nitrogens with one attached hydrogen (secondary N) is 1. The van der Waals surface area contributed by atoms with Gasteiger partial charge in [-0.1, -0.05) is 30.4 Å². The predicted octanol–water partition coefficient (Wildman–Crippen LogP) is 3.03. The summed E-state index contributed by atoms with van der Waals surface area (Å²) in [7, 11) is 1.73. The maximum absolute atomic E-state index is 4.97. The van der Waals surface area contributed by atoms with E-state index in [0.717, 1.165) is 32.5 Å². The molecule has 0 aromatic heterocycles. The van der Waals surface area contributed by atoms with Crippen LogP contribution >= 0.6 is 0 Å². The van der Waals surface area contributed by atoms with Crippen LogP contribution in [-0.2, 0) is 11.2 Å². The Labute approximate surface area is 111 Å². The van der Waals surface area contributed by atoms with E-state index in [1.165, 1.54) is 16.7 Å². The number of hydrogen-bond donors (Lipinski definition) is 1. The topological polar surface area (TPSA) is 21.3 Å². The molecule has 1 rings (SSSR count). The Morgan fingerprint density at radius 3 is 2.67 bits per heavy atom. The third kappa shape index (κ3) is 5.99. The second-order valence-corrected chi connectivity index (χ2v) is 4.63. The number of ether oxygens (including phenoxy) is 1. The van der Waals surface area contributed by atoms with Crippen LogP contribution < -0.4 is 5.32 Å². The highest BCUT2D eigenvalue weighted by Crippen LogP contribution is 2.10. The fourth-order valence-electron chi connectivity index (χ4n) is 1.75. The Kier molecular flexibility index (Phi) is 7.38. The van der Waals surface area contributed by atoms with Gasteiger partial charge in [-0.3, -0.25) is 0 Å². The van der Waals surface area contributed by atoms with Crippen molar-refractivity contribution in [3.63, 3.8) is 0 Å². The second-order valence-electron chi connectivity index (χ2n) is 4.63. The van der Waals surface area contributed by atoms with Crippen LogP contribution in [0.5, 0.6) is 0 Å². The van der Waals surface area contributed by atoms with Gasteiger partial charge in [0.1, 0.15) is 0 Å². The first-order chi connectivity index (χ1) is 8.74. The van der Waals surface area contributed by atoms with Crippen LogP contribution in [0.2, 0.25) is 0 Å². The molecule has 1 aromatic carbocycles. The first-order valence-electron chi connectivity index (χ1n) is 6.65. The van der Waals surface area contributed by atoms with Gasteiger partial charge >= 0.3 is 0 Å². The zero-order valence-corrected chi connectivity index (χ0v) is 11.8. The van der Waals surface area contributed by atoms with Crippen molar-refractivity contribution in [3.8, 4) is 0 Å². The lowest BCUT2D eigenvalue weighted by atomic mass is 10.0. The van der Waals surface area contributed by atoms with Gasteiger partial charge in [-0.15, -0.1) is 0 Å². The number of allylic oxidation sites excluding steroid dienone is 1. The molecule has 0 fully saturated rings. The number of rotatable bonds is 8. The van der Waals surface area contributed by atoms with Crippen LogP contribution in [-0.4, -0.2) is 26.8 Å². The summed E-state index contributed by atoms with van der Waals surface area (Å²) >= 11 is 0. The van der Waals surface area contributed by atoms with Crippen LogP contribution in [0, 0.1) is 13.8 Å². The molecule has 18 heavy (non-hydrogen) atoms. The molecular formula is C16H25NO. The van der Waals surface area contributed by atoms with E-state index in [1.54, 1.807) is 7.11 Å². The maximum Gasteiger partial charge on any atom is 0.0587 e. The molecular weight excluding hydrogens is 222 g/mol. The molecule has 0 radical (unpaired) electrons. The lowest BCUT2D eigenvalue weighted by molar-refractivity contribution is 0.199. The van der Waals surface area contributed by atoms with Gasteiger partial charge in [0.2, 0.25) is 0 Å². The highest BCUT2D eigenvalue weighted by atomic mass is 16.5. The fraction of sp³-hybridized carbons (Fsp3) is 0.500. The number of hydrogen-bond acceptors (Lipinski definition) is 2. The Balaban J connectivity index is 2.17. The molecule has 0 aliphatic rings. The number of aryl methyl sites for hydroxylation is 2. The van der Waals surface area contributed by atoms with E-state index in [-0.39, 0.29) is 0 Å². The van der Waals surface area contributed by atoms with Gasteiger partial charge in [-0.25, -0.2) is 0 Å². The molecule has 0 bridgehead atoms. The van der Waals surface area contributed by atoms with E-state index < -0.39 is 0 Å². The monoisotopic (exact) mass is 247 g/mol. The molecule has 0 amide bonds.